The molecule has 27 heavy (non-hydrogen) atoms. The second-order valence-corrected chi connectivity index (χ2v) is 7.69. The molecular weight excluding hydrogens is 368 g/mol. The average molecular weight is 386 g/mol. The highest BCUT2D eigenvalue weighted by Gasteiger charge is 2.18. The van der Waals surface area contributed by atoms with E-state index in [1.807, 2.05) is 0 Å². The predicted molar refractivity (Wildman–Crippen MR) is 98.5 cm³/mol. The number of fused-ring (bicyclic) bond motifs is 1. The Bertz CT molecular complexity index is 1020. The molecule has 0 fully saturated rings. The lowest BCUT2D eigenvalue weighted by atomic mass is 10.2. The second kappa shape index (κ2) is 7.33. The van der Waals surface area contributed by atoms with E-state index in [4.69, 9.17) is 4.74 Å². The molecule has 4 rings (SSSR count). The summed E-state index contributed by atoms with van der Waals surface area (Å²) in [5.74, 6) is 1.92. The van der Waals surface area contributed by atoms with Crippen LogP contribution in [0.4, 0.5) is 5.82 Å². The van der Waals surface area contributed by atoms with E-state index in [9.17, 15) is 8.42 Å². The van der Waals surface area contributed by atoms with Crippen LogP contribution in [-0.4, -0.2) is 48.1 Å². The molecular formula is C17H18N6O3S. The van der Waals surface area contributed by atoms with Crippen molar-refractivity contribution in [2.75, 3.05) is 25.0 Å². The summed E-state index contributed by atoms with van der Waals surface area (Å²) in [5, 5.41) is 15.2. The standard InChI is InChI=1S/C17H18N6O3S/c24-27(25,14-2-3-15-13(12-14)6-11-26-15)20-9-8-18-16-4-5-17(22-21-16)23-10-1-7-19-23/h1-5,7,10,12,20H,6,8-9,11H2,(H,18,21). The van der Waals surface area contributed by atoms with E-state index in [-0.39, 0.29) is 11.4 Å². The third-order valence-corrected chi connectivity index (χ3v) is 5.54. The Labute approximate surface area is 156 Å². The lowest BCUT2D eigenvalue weighted by Gasteiger charge is -2.09. The van der Waals surface area contributed by atoms with Crippen LogP contribution in [0.2, 0.25) is 0 Å². The predicted octanol–water partition coefficient (Wildman–Crippen LogP) is 0.988. The van der Waals surface area contributed by atoms with Crippen LogP contribution in [-0.2, 0) is 16.4 Å². The molecule has 3 heterocycles. The molecule has 0 radical (unpaired) electrons. The lowest BCUT2D eigenvalue weighted by Crippen LogP contribution is -2.29. The van der Waals surface area contributed by atoms with Crippen molar-refractivity contribution in [2.45, 2.75) is 11.3 Å². The lowest BCUT2D eigenvalue weighted by molar-refractivity contribution is 0.356. The maximum Gasteiger partial charge on any atom is 0.240 e. The smallest absolute Gasteiger partial charge is 0.240 e. The van der Waals surface area contributed by atoms with Gasteiger partial charge in [-0.3, -0.25) is 0 Å². The summed E-state index contributed by atoms with van der Waals surface area (Å²) >= 11 is 0. The molecule has 0 atom stereocenters. The first-order valence-corrected chi connectivity index (χ1v) is 9.93. The molecule has 0 saturated carbocycles. The monoisotopic (exact) mass is 386 g/mol. The summed E-state index contributed by atoms with van der Waals surface area (Å²) in [7, 11) is -3.57. The molecule has 0 unspecified atom stereocenters. The van der Waals surface area contributed by atoms with E-state index in [0.717, 1.165) is 17.7 Å². The SMILES string of the molecule is O=S(=O)(NCCNc1ccc(-n2cccn2)nn1)c1ccc2c(c1)CCO2. The van der Waals surface area contributed by atoms with Gasteiger partial charge in [0.2, 0.25) is 10.0 Å². The molecule has 1 aliphatic rings. The second-order valence-electron chi connectivity index (χ2n) is 5.92. The van der Waals surface area contributed by atoms with E-state index in [1.54, 1.807) is 53.5 Å². The van der Waals surface area contributed by atoms with Gasteiger partial charge in [0.25, 0.3) is 0 Å². The number of nitrogens with one attached hydrogen (secondary N) is 2. The normalized spacial score (nSPS) is 13.2. The molecule has 3 aromatic rings. The van der Waals surface area contributed by atoms with Gasteiger partial charge in [-0.1, -0.05) is 0 Å². The Morgan fingerprint density at radius 3 is 2.85 bits per heavy atom. The third kappa shape index (κ3) is 3.91. The third-order valence-electron chi connectivity index (χ3n) is 4.08. The molecule has 1 aliphatic heterocycles. The van der Waals surface area contributed by atoms with Crippen molar-refractivity contribution in [3.63, 3.8) is 0 Å². The number of anilines is 1. The number of rotatable bonds is 7. The molecule has 140 valence electrons. The first-order chi connectivity index (χ1) is 13.1. The minimum Gasteiger partial charge on any atom is -0.493 e. The minimum atomic E-state index is -3.57. The van der Waals surface area contributed by atoms with Crippen LogP contribution < -0.4 is 14.8 Å². The number of ether oxygens (including phenoxy) is 1. The van der Waals surface area contributed by atoms with Crippen LogP contribution in [0.3, 0.4) is 0 Å². The quantitative estimate of drug-likeness (QED) is 0.583. The van der Waals surface area contributed by atoms with Crippen LogP contribution >= 0.6 is 0 Å². The molecule has 0 saturated heterocycles. The van der Waals surface area contributed by atoms with Gasteiger partial charge in [0.1, 0.15) is 11.6 Å². The fraction of sp³-hybridized carbons (Fsp3) is 0.235. The Morgan fingerprint density at radius 2 is 2.07 bits per heavy atom. The number of benzene rings is 1. The fourth-order valence-electron chi connectivity index (χ4n) is 2.74. The van der Waals surface area contributed by atoms with Crippen molar-refractivity contribution in [3.8, 4) is 11.6 Å². The van der Waals surface area contributed by atoms with E-state index >= 15 is 0 Å². The average Bonchev–Trinajstić information content (AvgIpc) is 3.36. The van der Waals surface area contributed by atoms with Gasteiger partial charge < -0.3 is 10.1 Å². The number of aromatic nitrogens is 4. The van der Waals surface area contributed by atoms with Crippen LogP contribution in [0, 0.1) is 0 Å². The van der Waals surface area contributed by atoms with Gasteiger partial charge in [0.15, 0.2) is 5.82 Å². The number of sulfonamides is 1. The Hall–Kier alpha value is -2.98. The van der Waals surface area contributed by atoms with Crippen molar-refractivity contribution in [1.82, 2.24) is 24.7 Å². The van der Waals surface area contributed by atoms with Crippen LogP contribution in [0.1, 0.15) is 5.56 Å². The van der Waals surface area contributed by atoms with Gasteiger partial charge >= 0.3 is 0 Å². The van der Waals surface area contributed by atoms with Gasteiger partial charge in [0.05, 0.1) is 11.5 Å². The Balaban J connectivity index is 1.30. The maximum absolute atomic E-state index is 12.4. The molecule has 2 aromatic heterocycles. The van der Waals surface area contributed by atoms with Gasteiger partial charge in [-0.15, -0.1) is 10.2 Å². The van der Waals surface area contributed by atoms with E-state index < -0.39 is 10.0 Å². The van der Waals surface area contributed by atoms with Crippen LogP contribution in [0.25, 0.3) is 5.82 Å². The highest BCUT2D eigenvalue weighted by Crippen LogP contribution is 2.27. The Morgan fingerprint density at radius 1 is 1.15 bits per heavy atom. The zero-order chi connectivity index (χ0) is 18.7. The zero-order valence-electron chi connectivity index (χ0n) is 14.4. The van der Waals surface area contributed by atoms with Gasteiger partial charge in [0, 0.05) is 31.9 Å². The summed E-state index contributed by atoms with van der Waals surface area (Å²) < 4.78 is 34.4. The minimum absolute atomic E-state index is 0.221. The van der Waals surface area contributed by atoms with E-state index in [1.165, 1.54) is 0 Å². The molecule has 2 N–H and O–H groups in total. The number of hydrogen-bond donors (Lipinski definition) is 2. The van der Waals surface area contributed by atoms with E-state index in [2.05, 4.69) is 25.3 Å². The number of nitrogens with zero attached hydrogens (tertiary/aromatic N) is 4. The summed E-state index contributed by atoms with van der Waals surface area (Å²) in [6, 6.07) is 10.3. The molecule has 1 aromatic carbocycles. The van der Waals surface area contributed by atoms with Crippen LogP contribution in [0.15, 0.2) is 53.7 Å². The fourth-order valence-corrected chi connectivity index (χ4v) is 3.82. The zero-order valence-corrected chi connectivity index (χ0v) is 15.2. The molecule has 9 nitrogen and oxygen atoms in total. The van der Waals surface area contributed by atoms with Crippen molar-refractivity contribution in [2.24, 2.45) is 0 Å². The molecule has 0 bridgehead atoms. The van der Waals surface area contributed by atoms with Gasteiger partial charge in [-0.25, -0.2) is 17.8 Å². The molecule has 10 heteroatoms. The van der Waals surface area contributed by atoms with Crippen molar-refractivity contribution >= 4 is 15.8 Å². The highest BCUT2D eigenvalue weighted by atomic mass is 32.2. The summed E-state index contributed by atoms with van der Waals surface area (Å²) in [5.41, 5.74) is 0.920. The first kappa shape index (κ1) is 17.4. The van der Waals surface area contributed by atoms with Crippen molar-refractivity contribution in [3.05, 3.63) is 54.4 Å². The topological polar surface area (TPSA) is 111 Å². The largest absolute Gasteiger partial charge is 0.493 e. The Kier molecular flexibility index (Phi) is 4.73. The van der Waals surface area contributed by atoms with Gasteiger partial charge in [-0.05, 0) is 42.0 Å². The van der Waals surface area contributed by atoms with E-state index in [0.29, 0.717) is 24.8 Å². The van der Waals surface area contributed by atoms with Crippen molar-refractivity contribution < 1.29 is 13.2 Å². The van der Waals surface area contributed by atoms with Gasteiger partial charge in [-0.2, -0.15) is 5.10 Å². The molecule has 0 amide bonds. The van der Waals surface area contributed by atoms with Crippen LogP contribution in [0.5, 0.6) is 5.75 Å². The summed E-state index contributed by atoms with van der Waals surface area (Å²) in [4.78, 5) is 0.245. The first-order valence-electron chi connectivity index (χ1n) is 8.45. The maximum atomic E-state index is 12.4. The summed E-state index contributed by atoms with van der Waals surface area (Å²) in [6.07, 6.45) is 4.17. The highest BCUT2D eigenvalue weighted by molar-refractivity contribution is 7.89. The molecule has 0 aliphatic carbocycles. The number of hydrogen-bond acceptors (Lipinski definition) is 7. The molecule has 0 spiro atoms. The summed E-state index contributed by atoms with van der Waals surface area (Å²) in [6.45, 7) is 1.19. The van der Waals surface area contributed by atoms with Crippen molar-refractivity contribution in [1.29, 1.82) is 0 Å².